The molecule has 0 aliphatic rings. The van der Waals surface area contributed by atoms with Crippen LogP contribution in [0.25, 0.3) is 10.9 Å². The van der Waals surface area contributed by atoms with Crippen LogP contribution in [0.2, 0.25) is 5.02 Å². The minimum absolute atomic E-state index is 0.0628. The van der Waals surface area contributed by atoms with E-state index in [0.717, 1.165) is 27.2 Å². The Bertz CT molecular complexity index is 506. The molecule has 1 N–H and O–H groups in total. The van der Waals surface area contributed by atoms with Crippen LogP contribution in [-0.2, 0) is 5.41 Å². The van der Waals surface area contributed by atoms with Gasteiger partial charge in [-0.2, -0.15) is 5.10 Å². The summed E-state index contributed by atoms with van der Waals surface area (Å²) in [5, 5.41) is 9.33. The van der Waals surface area contributed by atoms with Gasteiger partial charge < -0.3 is 0 Å². The van der Waals surface area contributed by atoms with Crippen molar-refractivity contribution in [1.82, 2.24) is 10.2 Å². The summed E-state index contributed by atoms with van der Waals surface area (Å²) in [5.41, 5.74) is 3.25. The van der Waals surface area contributed by atoms with E-state index in [-0.39, 0.29) is 5.41 Å². The van der Waals surface area contributed by atoms with Crippen molar-refractivity contribution in [2.24, 2.45) is 0 Å². The predicted octanol–water partition coefficient (Wildman–Crippen LogP) is 3.82. The highest BCUT2D eigenvalue weighted by Gasteiger charge is 2.19. The van der Waals surface area contributed by atoms with E-state index < -0.39 is 0 Å². The average molecular weight is 223 g/mol. The molecule has 0 atom stereocenters. The van der Waals surface area contributed by atoms with Crippen LogP contribution in [0.3, 0.4) is 0 Å². The van der Waals surface area contributed by atoms with Gasteiger partial charge in [0, 0.05) is 21.5 Å². The van der Waals surface area contributed by atoms with Crippen molar-refractivity contribution >= 4 is 22.5 Å². The molecule has 2 nitrogen and oxygen atoms in total. The number of fused-ring (bicyclic) bond motifs is 1. The SMILES string of the molecule is Cc1cc2n[nH]c(C(C)(C)C)c2cc1Cl. The highest BCUT2D eigenvalue weighted by Crippen LogP contribution is 2.30. The van der Waals surface area contributed by atoms with Crippen LogP contribution < -0.4 is 0 Å². The molecule has 0 amide bonds. The summed E-state index contributed by atoms with van der Waals surface area (Å²) in [6.07, 6.45) is 0. The Kier molecular flexibility index (Phi) is 2.27. The number of nitrogens with zero attached hydrogens (tertiary/aromatic N) is 1. The van der Waals surface area contributed by atoms with Gasteiger partial charge in [-0.25, -0.2) is 0 Å². The van der Waals surface area contributed by atoms with Crippen LogP contribution in [0.4, 0.5) is 0 Å². The fraction of sp³-hybridized carbons (Fsp3) is 0.417. The quantitative estimate of drug-likeness (QED) is 0.721. The molecule has 0 saturated heterocycles. The zero-order valence-corrected chi connectivity index (χ0v) is 10.2. The van der Waals surface area contributed by atoms with E-state index in [9.17, 15) is 0 Å². The topological polar surface area (TPSA) is 28.7 Å². The van der Waals surface area contributed by atoms with Crippen molar-refractivity contribution in [3.05, 3.63) is 28.4 Å². The van der Waals surface area contributed by atoms with Crippen molar-refractivity contribution in [3.8, 4) is 0 Å². The summed E-state index contributed by atoms with van der Waals surface area (Å²) in [7, 11) is 0. The molecule has 0 spiro atoms. The molecule has 0 fully saturated rings. The first-order valence-corrected chi connectivity index (χ1v) is 5.42. The molecule has 1 aromatic carbocycles. The van der Waals surface area contributed by atoms with Crippen molar-refractivity contribution in [2.75, 3.05) is 0 Å². The first-order valence-electron chi connectivity index (χ1n) is 5.04. The molecule has 15 heavy (non-hydrogen) atoms. The van der Waals surface area contributed by atoms with Gasteiger partial charge in [-0.3, -0.25) is 5.10 Å². The normalized spacial score (nSPS) is 12.3. The predicted molar refractivity (Wildman–Crippen MR) is 64.5 cm³/mol. The number of hydrogen-bond acceptors (Lipinski definition) is 1. The lowest BCUT2D eigenvalue weighted by molar-refractivity contribution is 0.571. The first-order chi connectivity index (χ1) is 6.89. The van der Waals surface area contributed by atoms with Crippen molar-refractivity contribution in [1.29, 1.82) is 0 Å². The molecule has 0 unspecified atom stereocenters. The van der Waals surface area contributed by atoms with E-state index >= 15 is 0 Å². The van der Waals surface area contributed by atoms with Crippen LogP contribution in [-0.4, -0.2) is 10.2 Å². The molecule has 3 heteroatoms. The van der Waals surface area contributed by atoms with Gasteiger partial charge in [0.15, 0.2) is 0 Å². The molecular formula is C12H15ClN2. The molecule has 1 heterocycles. The van der Waals surface area contributed by atoms with Gasteiger partial charge in [0.05, 0.1) is 5.52 Å². The third kappa shape index (κ3) is 1.74. The summed E-state index contributed by atoms with van der Waals surface area (Å²) in [6.45, 7) is 8.47. The second kappa shape index (κ2) is 3.24. The number of hydrogen-bond donors (Lipinski definition) is 1. The van der Waals surface area contributed by atoms with Crippen LogP contribution in [0.1, 0.15) is 32.0 Å². The zero-order chi connectivity index (χ0) is 11.2. The maximum Gasteiger partial charge on any atom is 0.0927 e. The summed E-state index contributed by atoms with van der Waals surface area (Å²) in [4.78, 5) is 0. The number of nitrogens with one attached hydrogen (secondary N) is 1. The molecular weight excluding hydrogens is 208 g/mol. The second-order valence-corrected chi connectivity index (χ2v) is 5.37. The van der Waals surface area contributed by atoms with E-state index in [0.29, 0.717) is 0 Å². The van der Waals surface area contributed by atoms with E-state index in [1.54, 1.807) is 0 Å². The number of benzene rings is 1. The lowest BCUT2D eigenvalue weighted by Crippen LogP contribution is -2.11. The Morgan fingerprint density at radius 2 is 1.93 bits per heavy atom. The van der Waals surface area contributed by atoms with Gasteiger partial charge in [-0.1, -0.05) is 32.4 Å². The van der Waals surface area contributed by atoms with Crippen LogP contribution >= 0.6 is 11.6 Å². The van der Waals surface area contributed by atoms with Crippen LogP contribution in [0.15, 0.2) is 12.1 Å². The monoisotopic (exact) mass is 222 g/mol. The molecule has 0 aliphatic carbocycles. The highest BCUT2D eigenvalue weighted by molar-refractivity contribution is 6.32. The van der Waals surface area contributed by atoms with E-state index in [1.807, 2.05) is 19.1 Å². The van der Waals surface area contributed by atoms with Crippen LogP contribution in [0, 0.1) is 6.92 Å². The first kappa shape index (κ1) is 10.5. The van der Waals surface area contributed by atoms with Crippen LogP contribution in [0.5, 0.6) is 0 Å². The van der Waals surface area contributed by atoms with Gasteiger partial charge >= 0.3 is 0 Å². The average Bonchev–Trinajstić information content (AvgIpc) is 2.47. The smallest absolute Gasteiger partial charge is 0.0927 e. The van der Waals surface area contributed by atoms with Gasteiger partial charge in [-0.15, -0.1) is 0 Å². The number of aromatic nitrogens is 2. The maximum absolute atomic E-state index is 6.12. The number of aryl methyl sites for hydroxylation is 1. The molecule has 0 saturated carbocycles. The number of rotatable bonds is 0. The third-order valence-electron chi connectivity index (χ3n) is 2.58. The number of aromatic amines is 1. The minimum atomic E-state index is 0.0628. The molecule has 2 aromatic rings. The number of H-pyrrole nitrogens is 1. The highest BCUT2D eigenvalue weighted by atomic mass is 35.5. The molecule has 1 aromatic heterocycles. The third-order valence-corrected chi connectivity index (χ3v) is 2.99. The zero-order valence-electron chi connectivity index (χ0n) is 9.48. The fourth-order valence-corrected chi connectivity index (χ4v) is 1.87. The Labute approximate surface area is 94.6 Å². The number of halogens is 1. The lowest BCUT2D eigenvalue weighted by atomic mass is 9.90. The summed E-state index contributed by atoms with van der Waals surface area (Å²) in [5.74, 6) is 0. The lowest BCUT2D eigenvalue weighted by Gasteiger charge is -2.16. The van der Waals surface area contributed by atoms with Crippen molar-refractivity contribution < 1.29 is 0 Å². The van der Waals surface area contributed by atoms with Gasteiger partial charge in [0.2, 0.25) is 0 Å². The molecule has 0 radical (unpaired) electrons. The Morgan fingerprint density at radius 3 is 2.53 bits per heavy atom. The maximum atomic E-state index is 6.12. The van der Waals surface area contributed by atoms with E-state index in [4.69, 9.17) is 11.6 Å². The summed E-state index contributed by atoms with van der Waals surface area (Å²) >= 11 is 6.12. The van der Waals surface area contributed by atoms with Crippen molar-refractivity contribution in [3.63, 3.8) is 0 Å². The Hall–Kier alpha value is -1.02. The Morgan fingerprint density at radius 1 is 1.27 bits per heavy atom. The van der Waals surface area contributed by atoms with Gasteiger partial charge in [0.1, 0.15) is 0 Å². The molecule has 0 bridgehead atoms. The van der Waals surface area contributed by atoms with E-state index in [1.165, 1.54) is 0 Å². The standard InChI is InChI=1S/C12H15ClN2/c1-7-5-10-8(6-9(7)13)11(15-14-10)12(2,3)4/h5-6H,1-4H3,(H,14,15). The van der Waals surface area contributed by atoms with E-state index in [2.05, 4.69) is 31.0 Å². The summed E-state index contributed by atoms with van der Waals surface area (Å²) in [6, 6.07) is 4.01. The summed E-state index contributed by atoms with van der Waals surface area (Å²) < 4.78 is 0. The van der Waals surface area contributed by atoms with Gasteiger partial charge in [0.25, 0.3) is 0 Å². The largest absolute Gasteiger partial charge is 0.281 e. The van der Waals surface area contributed by atoms with Gasteiger partial charge in [-0.05, 0) is 24.6 Å². The molecule has 0 aliphatic heterocycles. The second-order valence-electron chi connectivity index (χ2n) is 4.97. The Balaban J connectivity index is 2.75. The minimum Gasteiger partial charge on any atom is -0.281 e. The fourth-order valence-electron chi connectivity index (χ4n) is 1.71. The van der Waals surface area contributed by atoms with Crippen molar-refractivity contribution in [2.45, 2.75) is 33.1 Å². The molecule has 80 valence electrons. The molecule has 2 rings (SSSR count).